The molecule has 0 heterocycles. The van der Waals surface area contributed by atoms with Gasteiger partial charge in [0, 0.05) is 17.8 Å². The lowest BCUT2D eigenvalue weighted by atomic mass is 10.0. The van der Waals surface area contributed by atoms with Gasteiger partial charge in [0.1, 0.15) is 5.82 Å². The van der Waals surface area contributed by atoms with Gasteiger partial charge in [0.2, 0.25) is 0 Å². The van der Waals surface area contributed by atoms with Crippen LogP contribution in [0.1, 0.15) is 27.8 Å². The third-order valence-electron chi connectivity index (χ3n) is 3.45. The van der Waals surface area contributed by atoms with Crippen molar-refractivity contribution in [3.63, 3.8) is 0 Å². The van der Waals surface area contributed by atoms with Gasteiger partial charge in [-0.25, -0.2) is 4.39 Å². The first-order chi connectivity index (χ1) is 9.51. The van der Waals surface area contributed by atoms with Gasteiger partial charge < -0.3 is 5.32 Å². The van der Waals surface area contributed by atoms with Crippen LogP contribution in [0.2, 0.25) is 0 Å². The maximum absolute atomic E-state index is 13.7. The highest BCUT2D eigenvalue weighted by molar-refractivity contribution is 5.56. The molecule has 0 aromatic heterocycles. The van der Waals surface area contributed by atoms with Gasteiger partial charge in [-0.05, 0) is 44.0 Å². The smallest absolute Gasteiger partial charge is 0.129 e. The molecule has 0 atom stereocenters. The van der Waals surface area contributed by atoms with E-state index < -0.39 is 0 Å². The lowest BCUT2D eigenvalue weighted by Gasteiger charge is -2.13. The van der Waals surface area contributed by atoms with E-state index in [0.29, 0.717) is 23.4 Å². The van der Waals surface area contributed by atoms with Gasteiger partial charge in [0.15, 0.2) is 0 Å². The highest BCUT2D eigenvalue weighted by Gasteiger charge is 2.07. The number of hydrogen-bond donors (Lipinski definition) is 1. The number of nitrogens with one attached hydrogen (secondary N) is 1. The van der Waals surface area contributed by atoms with Crippen LogP contribution < -0.4 is 5.32 Å². The molecular weight excluding hydrogens is 251 g/mol. The predicted octanol–water partition coefficient (Wildman–Crippen LogP) is 4.23. The lowest BCUT2D eigenvalue weighted by Crippen LogP contribution is -2.04. The summed E-state index contributed by atoms with van der Waals surface area (Å²) < 4.78 is 13.7. The van der Waals surface area contributed by atoms with Crippen molar-refractivity contribution in [2.75, 3.05) is 5.32 Å². The Bertz CT molecular complexity index is 684. The fourth-order valence-corrected chi connectivity index (χ4v) is 2.11. The maximum atomic E-state index is 13.7. The zero-order valence-corrected chi connectivity index (χ0v) is 11.9. The molecule has 0 unspecified atom stereocenters. The van der Waals surface area contributed by atoms with E-state index in [0.717, 1.165) is 0 Å². The molecule has 2 aromatic rings. The SMILES string of the molecule is Cc1ccc(C)c(CNc2cc(C#N)cc(F)c2C)c1. The van der Waals surface area contributed by atoms with Crippen LogP contribution in [0.5, 0.6) is 0 Å². The van der Waals surface area contributed by atoms with Crippen LogP contribution in [0, 0.1) is 37.9 Å². The van der Waals surface area contributed by atoms with E-state index in [-0.39, 0.29) is 5.82 Å². The molecule has 0 fully saturated rings. The van der Waals surface area contributed by atoms with Gasteiger partial charge in [-0.3, -0.25) is 0 Å². The van der Waals surface area contributed by atoms with E-state index in [1.165, 1.54) is 22.8 Å². The van der Waals surface area contributed by atoms with E-state index in [9.17, 15) is 4.39 Å². The minimum Gasteiger partial charge on any atom is -0.381 e. The summed E-state index contributed by atoms with van der Waals surface area (Å²) in [4.78, 5) is 0. The fraction of sp³-hybridized carbons (Fsp3) is 0.235. The zero-order valence-electron chi connectivity index (χ0n) is 11.9. The van der Waals surface area contributed by atoms with Gasteiger partial charge in [-0.1, -0.05) is 23.8 Å². The van der Waals surface area contributed by atoms with Crippen LogP contribution in [-0.4, -0.2) is 0 Å². The highest BCUT2D eigenvalue weighted by atomic mass is 19.1. The molecule has 2 rings (SSSR count). The number of nitrogens with zero attached hydrogens (tertiary/aromatic N) is 1. The van der Waals surface area contributed by atoms with Crippen molar-refractivity contribution < 1.29 is 4.39 Å². The van der Waals surface area contributed by atoms with Crippen molar-refractivity contribution >= 4 is 5.69 Å². The Morgan fingerprint density at radius 1 is 1.15 bits per heavy atom. The van der Waals surface area contributed by atoms with Gasteiger partial charge in [-0.2, -0.15) is 5.26 Å². The van der Waals surface area contributed by atoms with Gasteiger partial charge in [0.05, 0.1) is 11.6 Å². The molecule has 0 saturated carbocycles. The Morgan fingerprint density at radius 3 is 2.60 bits per heavy atom. The van der Waals surface area contributed by atoms with Crippen molar-refractivity contribution in [2.45, 2.75) is 27.3 Å². The number of nitriles is 1. The Kier molecular flexibility index (Phi) is 4.05. The second-order valence-corrected chi connectivity index (χ2v) is 5.03. The third-order valence-corrected chi connectivity index (χ3v) is 3.45. The highest BCUT2D eigenvalue weighted by Crippen LogP contribution is 2.22. The number of anilines is 1. The molecule has 0 bridgehead atoms. The molecular formula is C17H17FN2. The molecule has 3 heteroatoms. The largest absolute Gasteiger partial charge is 0.381 e. The normalized spacial score (nSPS) is 10.2. The van der Waals surface area contributed by atoms with Crippen molar-refractivity contribution in [3.8, 4) is 6.07 Å². The standard InChI is InChI=1S/C17H17FN2/c1-11-4-5-12(2)15(6-11)10-20-17-8-14(9-19)7-16(18)13(17)3/h4-8,20H,10H2,1-3H3. The van der Waals surface area contributed by atoms with Gasteiger partial charge >= 0.3 is 0 Å². The first-order valence-corrected chi connectivity index (χ1v) is 6.51. The van der Waals surface area contributed by atoms with E-state index in [2.05, 4.69) is 30.4 Å². The maximum Gasteiger partial charge on any atom is 0.129 e. The monoisotopic (exact) mass is 268 g/mol. The van der Waals surface area contributed by atoms with E-state index in [1.54, 1.807) is 13.0 Å². The first-order valence-electron chi connectivity index (χ1n) is 6.51. The minimum atomic E-state index is -0.354. The van der Waals surface area contributed by atoms with Crippen LogP contribution in [-0.2, 0) is 6.54 Å². The van der Waals surface area contributed by atoms with Crippen LogP contribution in [0.4, 0.5) is 10.1 Å². The van der Waals surface area contributed by atoms with Crippen molar-refractivity contribution in [2.24, 2.45) is 0 Å². The number of benzene rings is 2. The second-order valence-electron chi connectivity index (χ2n) is 5.03. The fourth-order valence-electron chi connectivity index (χ4n) is 2.11. The third kappa shape index (κ3) is 2.97. The first kappa shape index (κ1) is 14.1. The Labute approximate surface area is 118 Å². The van der Waals surface area contributed by atoms with Crippen LogP contribution in [0.25, 0.3) is 0 Å². The van der Waals surface area contributed by atoms with Crippen LogP contribution in [0.15, 0.2) is 30.3 Å². The number of rotatable bonds is 3. The van der Waals surface area contributed by atoms with Crippen LogP contribution >= 0.6 is 0 Å². The molecule has 0 aliphatic carbocycles. The summed E-state index contributed by atoms with van der Waals surface area (Å²) in [5.41, 5.74) is 5.10. The van der Waals surface area contributed by atoms with E-state index in [1.807, 2.05) is 13.0 Å². The number of hydrogen-bond acceptors (Lipinski definition) is 2. The zero-order chi connectivity index (χ0) is 14.7. The van der Waals surface area contributed by atoms with Crippen molar-refractivity contribution in [1.29, 1.82) is 5.26 Å². The van der Waals surface area contributed by atoms with Crippen molar-refractivity contribution in [1.82, 2.24) is 0 Å². The summed E-state index contributed by atoms with van der Waals surface area (Å²) in [5, 5.41) is 12.1. The average Bonchev–Trinajstić information content (AvgIpc) is 2.43. The molecule has 1 N–H and O–H groups in total. The molecule has 0 saturated heterocycles. The Balaban J connectivity index is 2.25. The summed E-state index contributed by atoms with van der Waals surface area (Å²) >= 11 is 0. The van der Waals surface area contributed by atoms with Gasteiger partial charge in [-0.15, -0.1) is 0 Å². The molecule has 2 aromatic carbocycles. The minimum absolute atomic E-state index is 0.330. The van der Waals surface area contributed by atoms with Gasteiger partial charge in [0.25, 0.3) is 0 Å². The molecule has 0 aliphatic rings. The number of aryl methyl sites for hydroxylation is 2. The quantitative estimate of drug-likeness (QED) is 0.904. The molecule has 20 heavy (non-hydrogen) atoms. The summed E-state index contributed by atoms with van der Waals surface area (Å²) in [6.07, 6.45) is 0. The molecule has 2 nitrogen and oxygen atoms in total. The van der Waals surface area contributed by atoms with Crippen LogP contribution in [0.3, 0.4) is 0 Å². The topological polar surface area (TPSA) is 35.8 Å². The second kappa shape index (κ2) is 5.75. The summed E-state index contributed by atoms with van der Waals surface area (Å²) in [6.45, 7) is 6.42. The molecule has 102 valence electrons. The summed E-state index contributed by atoms with van der Waals surface area (Å²) in [5.74, 6) is -0.354. The van der Waals surface area contributed by atoms with Crippen molar-refractivity contribution in [3.05, 3.63) is 64.0 Å². The Morgan fingerprint density at radius 2 is 1.90 bits per heavy atom. The molecule has 0 aliphatic heterocycles. The van der Waals surface area contributed by atoms with E-state index >= 15 is 0 Å². The summed E-state index contributed by atoms with van der Waals surface area (Å²) in [6, 6.07) is 11.2. The molecule has 0 spiro atoms. The lowest BCUT2D eigenvalue weighted by molar-refractivity contribution is 0.618. The molecule has 0 radical (unpaired) electrons. The average molecular weight is 268 g/mol. The Hall–Kier alpha value is -2.34. The van der Waals surface area contributed by atoms with E-state index in [4.69, 9.17) is 5.26 Å². The predicted molar refractivity (Wildman–Crippen MR) is 79.1 cm³/mol. The summed E-state index contributed by atoms with van der Waals surface area (Å²) in [7, 11) is 0. The molecule has 0 amide bonds. The number of halogens is 1.